The van der Waals surface area contributed by atoms with Gasteiger partial charge in [0, 0.05) is 24.5 Å². The number of urea groups is 1. The van der Waals surface area contributed by atoms with E-state index in [9.17, 15) is 14.4 Å². The molecule has 2 aliphatic heterocycles. The Hall–Kier alpha value is -3.61. The molecule has 33 heavy (non-hydrogen) atoms. The molecular weight excluding hydrogens is 416 g/mol. The average molecular weight is 447 g/mol. The summed E-state index contributed by atoms with van der Waals surface area (Å²) in [6.07, 6.45) is 6.14. The van der Waals surface area contributed by atoms with Gasteiger partial charge in [0.25, 0.3) is 5.91 Å². The number of hydrogen-bond donors (Lipinski definition) is 2. The zero-order chi connectivity index (χ0) is 23.4. The summed E-state index contributed by atoms with van der Waals surface area (Å²) in [7, 11) is 0. The number of carbonyl (C=O) groups excluding carboxylic acids is 3. The molecule has 4 rings (SSSR count). The Labute approximate surface area is 194 Å². The molecule has 2 aromatic carbocycles. The Morgan fingerprint density at radius 2 is 1.85 bits per heavy atom. The molecule has 0 atom stereocenters. The monoisotopic (exact) mass is 446 g/mol. The van der Waals surface area contributed by atoms with E-state index in [0.29, 0.717) is 5.69 Å². The lowest BCUT2D eigenvalue weighted by molar-refractivity contribution is -0.127. The van der Waals surface area contributed by atoms with Crippen molar-refractivity contribution in [3.05, 3.63) is 64.9 Å². The first kappa shape index (κ1) is 22.6. The second-order valence-electron chi connectivity index (χ2n) is 8.53. The zero-order valence-electron chi connectivity index (χ0n) is 19.2. The number of benzene rings is 2. The molecule has 0 saturated carbocycles. The molecule has 0 spiro atoms. The number of carbonyl (C=O) groups is 3. The van der Waals surface area contributed by atoms with E-state index in [1.807, 2.05) is 44.2 Å². The number of nitrogens with one attached hydrogen (secondary N) is 2. The summed E-state index contributed by atoms with van der Waals surface area (Å²) < 4.78 is 0. The van der Waals surface area contributed by atoms with Crippen molar-refractivity contribution in [2.45, 2.75) is 39.5 Å². The third-order valence-corrected chi connectivity index (χ3v) is 6.21. The summed E-state index contributed by atoms with van der Waals surface area (Å²) in [4.78, 5) is 41.1. The van der Waals surface area contributed by atoms with E-state index >= 15 is 0 Å². The zero-order valence-corrected chi connectivity index (χ0v) is 19.2. The van der Waals surface area contributed by atoms with Crippen LogP contribution in [0.4, 0.5) is 16.2 Å². The molecule has 4 amide bonds. The van der Waals surface area contributed by atoms with Crippen LogP contribution >= 0.6 is 0 Å². The lowest BCUT2D eigenvalue weighted by atomic mass is 10.0. The van der Waals surface area contributed by atoms with Crippen LogP contribution in [0.5, 0.6) is 0 Å². The quantitative estimate of drug-likeness (QED) is 0.518. The minimum absolute atomic E-state index is 0.176. The Morgan fingerprint density at radius 1 is 1.09 bits per heavy atom. The Balaban J connectivity index is 1.44. The molecule has 0 bridgehead atoms. The van der Waals surface area contributed by atoms with E-state index in [2.05, 4.69) is 27.7 Å². The van der Waals surface area contributed by atoms with Gasteiger partial charge in [-0.15, -0.1) is 0 Å². The van der Waals surface area contributed by atoms with Gasteiger partial charge in [-0.05, 0) is 73.6 Å². The van der Waals surface area contributed by atoms with Crippen LogP contribution in [0.25, 0.3) is 6.08 Å². The first-order valence-corrected chi connectivity index (χ1v) is 11.5. The third-order valence-electron chi connectivity index (χ3n) is 6.21. The summed E-state index contributed by atoms with van der Waals surface area (Å²) in [5, 5.41) is 5.41. The minimum atomic E-state index is -0.590. The van der Waals surface area contributed by atoms with E-state index in [1.165, 1.54) is 24.9 Å². The van der Waals surface area contributed by atoms with Gasteiger partial charge in [0.2, 0.25) is 5.91 Å². The second-order valence-corrected chi connectivity index (χ2v) is 8.53. The summed E-state index contributed by atoms with van der Waals surface area (Å²) in [5.74, 6) is -0.916. The van der Waals surface area contributed by atoms with E-state index in [1.54, 1.807) is 6.08 Å². The molecule has 2 fully saturated rings. The van der Waals surface area contributed by atoms with Crippen molar-refractivity contribution in [1.29, 1.82) is 0 Å². The number of anilines is 2. The van der Waals surface area contributed by atoms with Gasteiger partial charge < -0.3 is 15.5 Å². The van der Waals surface area contributed by atoms with Crippen molar-refractivity contribution in [2.24, 2.45) is 0 Å². The van der Waals surface area contributed by atoms with Gasteiger partial charge in [0.15, 0.2) is 0 Å². The van der Waals surface area contributed by atoms with E-state index in [-0.39, 0.29) is 12.2 Å². The molecule has 172 valence electrons. The largest absolute Gasteiger partial charge is 0.372 e. The van der Waals surface area contributed by atoms with Crippen LogP contribution in [0.1, 0.15) is 42.9 Å². The molecule has 2 heterocycles. The van der Waals surface area contributed by atoms with E-state index in [0.717, 1.165) is 41.1 Å². The highest BCUT2D eigenvalue weighted by molar-refractivity contribution is 6.16. The summed E-state index contributed by atoms with van der Waals surface area (Å²) in [6.45, 7) is 5.79. The Kier molecular flexibility index (Phi) is 6.77. The highest BCUT2D eigenvalue weighted by Gasteiger charge is 2.35. The first-order valence-electron chi connectivity index (χ1n) is 11.5. The Morgan fingerprint density at radius 3 is 2.58 bits per heavy atom. The summed E-state index contributed by atoms with van der Waals surface area (Å²) >= 11 is 0. The third kappa shape index (κ3) is 5.08. The number of aryl methyl sites for hydroxylation is 2. The normalized spacial score (nSPS) is 17.5. The molecule has 0 aromatic heterocycles. The molecule has 0 unspecified atom stereocenters. The molecule has 2 saturated heterocycles. The van der Waals surface area contributed by atoms with E-state index < -0.39 is 17.8 Å². The fourth-order valence-corrected chi connectivity index (χ4v) is 4.33. The van der Waals surface area contributed by atoms with Crippen LogP contribution in [0.3, 0.4) is 0 Å². The predicted molar refractivity (Wildman–Crippen MR) is 130 cm³/mol. The van der Waals surface area contributed by atoms with Gasteiger partial charge in [0.1, 0.15) is 12.2 Å². The SMILES string of the molecule is CCc1ccccc1NC(=O)CN1C(=O)N/C(=C/c2ccc(N3CCCCC3)cc2C)C1=O. The van der Waals surface area contributed by atoms with Gasteiger partial charge in [-0.1, -0.05) is 31.2 Å². The van der Waals surface area contributed by atoms with Gasteiger partial charge in [-0.2, -0.15) is 0 Å². The second kappa shape index (κ2) is 9.90. The highest BCUT2D eigenvalue weighted by atomic mass is 16.2. The van der Waals surface area contributed by atoms with Gasteiger partial charge in [0.05, 0.1) is 0 Å². The number of para-hydroxylation sites is 1. The molecule has 2 aliphatic rings. The molecule has 0 aliphatic carbocycles. The van der Waals surface area contributed by atoms with Crippen molar-refractivity contribution < 1.29 is 14.4 Å². The Bertz CT molecular complexity index is 1100. The van der Waals surface area contributed by atoms with Crippen LogP contribution in [-0.2, 0) is 16.0 Å². The average Bonchev–Trinajstić information content (AvgIpc) is 3.08. The number of piperidine rings is 1. The predicted octanol–water partition coefficient (Wildman–Crippen LogP) is 4.08. The molecule has 2 aromatic rings. The van der Waals surface area contributed by atoms with Gasteiger partial charge in [-0.3, -0.25) is 9.59 Å². The number of imide groups is 1. The van der Waals surface area contributed by atoms with Crippen LogP contribution in [0, 0.1) is 6.92 Å². The first-order chi connectivity index (χ1) is 16.0. The van der Waals surface area contributed by atoms with Crippen LogP contribution in [-0.4, -0.2) is 42.4 Å². The van der Waals surface area contributed by atoms with Gasteiger partial charge >= 0.3 is 6.03 Å². The van der Waals surface area contributed by atoms with Gasteiger partial charge in [-0.25, -0.2) is 9.69 Å². The smallest absolute Gasteiger partial charge is 0.329 e. The van der Waals surface area contributed by atoms with Crippen molar-refractivity contribution in [1.82, 2.24) is 10.2 Å². The standard InChI is InChI=1S/C26H30N4O3/c1-3-19-9-5-6-10-22(19)27-24(31)17-30-25(32)23(28-26(30)33)16-20-11-12-21(15-18(20)2)29-13-7-4-8-14-29/h5-6,9-12,15-16H,3-4,7-8,13-14,17H2,1-2H3,(H,27,31)(H,28,33)/b23-16+. The molecule has 7 nitrogen and oxygen atoms in total. The van der Waals surface area contributed by atoms with Crippen LogP contribution < -0.4 is 15.5 Å². The van der Waals surface area contributed by atoms with E-state index in [4.69, 9.17) is 0 Å². The maximum Gasteiger partial charge on any atom is 0.329 e. The molecule has 0 radical (unpaired) electrons. The highest BCUT2D eigenvalue weighted by Crippen LogP contribution is 2.25. The van der Waals surface area contributed by atoms with Crippen molar-refractivity contribution in [3.63, 3.8) is 0 Å². The minimum Gasteiger partial charge on any atom is -0.372 e. The fourth-order valence-electron chi connectivity index (χ4n) is 4.33. The lowest BCUT2D eigenvalue weighted by Crippen LogP contribution is -2.38. The molecular formula is C26H30N4O3. The maximum absolute atomic E-state index is 12.8. The number of rotatable bonds is 6. The number of hydrogen-bond acceptors (Lipinski definition) is 4. The fraction of sp³-hybridized carbons (Fsp3) is 0.346. The molecule has 2 N–H and O–H groups in total. The van der Waals surface area contributed by atoms with Crippen molar-refractivity contribution in [3.8, 4) is 0 Å². The van der Waals surface area contributed by atoms with Crippen LogP contribution in [0.15, 0.2) is 48.2 Å². The maximum atomic E-state index is 12.8. The number of amides is 4. The van der Waals surface area contributed by atoms with Crippen molar-refractivity contribution >= 4 is 35.3 Å². The summed E-state index contributed by atoms with van der Waals surface area (Å²) in [6, 6.07) is 13.0. The topological polar surface area (TPSA) is 81.8 Å². The molecule has 7 heteroatoms. The lowest BCUT2D eigenvalue weighted by Gasteiger charge is -2.29. The summed E-state index contributed by atoms with van der Waals surface area (Å²) in [5.41, 5.74) is 4.93. The van der Waals surface area contributed by atoms with Crippen LogP contribution in [0.2, 0.25) is 0 Å². The van der Waals surface area contributed by atoms with Crippen molar-refractivity contribution in [2.75, 3.05) is 29.9 Å². The number of nitrogens with zero attached hydrogens (tertiary/aromatic N) is 2.